The molecule has 184 valence electrons. The topological polar surface area (TPSA) is 94.8 Å². The molecule has 0 fully saturated rings. The molecule has 0 aliphatic carbocycles. The number of anilines is 1. The van der Waals surface area contributed by atoms with E-state index in [9.17, 15) is 9.59 Å². The fraction of sp³-hybridized carbons (Fsp3) is 0.259. The minimum atomic E-state index is -0.765. The molecule has 1 unspecified atom stereocenters. The molecule has 0 radical (unpaired) electrons. The Labute approximate surface area is 211 Å². The Kier molecular flexibility index (Phi) is 6.32. The maximum atomic E-state index is 13.8. The summed E-state index contributed by atoms with van der Waals surface area (Å²) in [4.78, 5) is 29.0. The third-order valence-electron chi connectivity index (χ3n) is 5.93. The number of aromatic nitrogens is 2. The minimum Gasteiger partial charge on any atom is -0.490 e. The van der Waals surface area contributed by atoms with E-state index >= 15 is 0 Å². The summed E-state index contributed by atoms with van der Waals surface area (Å²) in [7, 11) is 0. The molecule has 2 aromatic carbocycles. The van der Waals surface area contributed by atoms with Crippen LogP contribution in [0.2, 0.25) is 0 Å². The highest BCUT2D eigenvalue weighted by Gasteiger charge is 2.45. The van der Waals surface area contributed by atoms with Crippen LogP contribution in [0.4, 0.5) is 5.13 Å². The van der Waals surface area contributed by atoms with Crippen molar-refractivity contribution >= 4 is 33.3 Å². The van der Waals surface area contributed by atoms with Gasteiger partial charge in [-0.3, -0.25) is 14.5 Å². The third-order valence-corrected chi connectivity index (χ3v) is 7.00. The minimum absolute atomic E-state index is 0.0135. The van der Waals surface area contributed by atoms with Gasteiger partial charge in [-0.2, -0.15) is 0 Å². The lowest BCUT2D eigenvalue weighted by Gasteiger charge is -2.23. The Balaban J connectivity index is 1.75. The first-order valence-electron chi connectivity index (χ1n) is 11.7. The van der Waals surface area contributed by atoms with Crippen molar-refractivity contribution in [3.05, 3.63) is 86.7 Å². The van der Waals surface area contributed by atoms with E-state index < -0.39 is 11.9 Å². The zero-order chi connectivity index (χ0) is 25.4. The number of rotatable bonds is 8. The Morgan fingerprint density at radius 3 is 2.67 bits per heavy atom. The van der Waals surface area contributed by atoms with Crippen molar-refractivity contribution in [3.63, 3.8) is 0 Å². The van der Waals surface area contributed by atoms with Gasteiger partial charge in [-0.05, 0) is 50.1 Å². The maximum absolute atomic E-state index is 13.8. The van der Waals surface area contributed by atoms with Crippen LogP contribution in [0.25, 0.3) is 11.0 Å². The summed E-state index contributed by atoms with van der Waals surface area (Å²) in [6, 6.07) is 9.97. The van der Waals surface area contributed by atoms with Crippen LogP contribution in [-0.4, -0.2) is 29.3 Å². The molecule has 9 heteroatoms. The molecule has 1 aliphatic rings. The highest BCUT2D eigenvalue weighted by molar-refractivity contribution is 7.15. The van der Waals surface area contributed by atoms with E-state index in [1.807, 2.05) is 32.9 Å². The molecular formula is C27H25N3O5S. The van der Waals surface area contributed by atoms with Gasteiger partial charge >= 0.3 is 0 Å². The summed E-state index contributed by atoms with van der Waals surface area (Å²) in [5.74, 6) is 0.630. The predicted molar refractivity (Wildman–Crippen MR) is 138 cm³/mol. The van der Waals surface area contributed by atoms with Gasteiger partial charge in [-0.25, -0.2) is 0 Å². The number of nitrogens with zero attached hydrogens (tertiary/aromatic N) is 3. The molecule has 8 nitrogen and oxygen atoms in total. The van der Waals surface area contributed by atoms with Crippen LogP contribution in [0, 0.1) is 6.92 Å². The molecular weight excluding hydrogens is 478 g/mol. The van der Waals surface area contributed by atoms with Gasteiger partial charge in [0, 0.05) is 0 Å². The van der Waals surface area contributed by atoms with Crippen LogP contribution in [0.15, 0.2) is 58.3 Å². The number of carbonyl (C=O) groups is 1. The van der Waals surface area contributed by atoms with Crippen LogP contribution < -0.4 is 19.8 Å². The summed E-state index contributed by atoms with van der Waals surface area (Å²) in [6.07, 6.45) is 2.33. The Morgan fingerprint density at radius 2 is 1.94 bits per heavy atom. The molecule has 0 saturated carbocycles. The molecule has 36 heavy (non-hydrogen) atoms. The van der Waals surface area contributed by atoms with Crippen molar-refractivity contribution in [3.8, 4) is 11.5 Å². The van der Waals surface area contributed by atoms with E-state index in [4.69, 9.17) is 13.9 Å². The summed E-state index contributed by atoms with van der Waals surface area (Å²) in [5.41, 5.74) is 1.98. The van der Waals surface area contributed by atoms with Gasteiger partial charge < -0.3 is 13.9 Å². The van der Waals surface area contributed by atoms with Crippen molar-refractivity contribution < 1.29 is 18.7 Å². The lowest BCUT2D eigenvalue weighted by Crippen LogP contribution is -2.29. The average Bonchev–Trinajstić information content (AvgIpc) is 3.46. The monoisotopic (exact) mass is 503 g/mol. The molecule has 5 rings (SSSR count). The lowest BCUT2D eigenvalue weighted by atomic mass is 9.98. The SMILES string of the molecule is C=CCOc1ccc(C2c3c(oc4ccc(C)cc4c3=O)C(=O)N2c2nnc(CC)s2)cc1OCC. The van der Waals surface area contributed by atoms with Crippen LogP contribution in [0.1, 0.15) is 52.1 Å². The van der Waals surface area contributed by atoms with Crippen molar-refractivity contribution in [2.24, 2.45) is 0 Å². The van der Waals surface area contributed by atoms with Gasteiger partial charge in [0.25, 0.3) is 5.91 Å². The Bertz CT molecular complexity index is 1540. The van der Waals surface area contributed by atoms with E-state index in [0.29, 0.717) is 52.8 Å². The summed E-state index contributed by atoms with van der Waals surface area (Å²) >= 11 is 1.32. The largest absolute Gasteiger partial charge is 0.490 e. The molecule has 0 bridgehead atoms. The highest BCUT2D eigenvalue weighted by atomic mass is 32.1. The molecule has 1 amide bonds. The van der Waals surface area contributed by atoms with E-state index in [1.165, 1.54) is 16.2 Å². The van der Waals surface area contributed by atoms with Crippen molar-refractivity contribution in [1.82, 2.24) is 10.2 Å². The number of ether oxygens (including phenoxy) is 2. The number of hydrogen-bond donors (Lipinski definition) is 0. The second-order valence-electron chi connectivity index (χ2n) is 8.32. The van der Waals surface area contributed by atoms with Gasteiger partial charge in [-0.1, -0.05) is 48.6 Å². The molecule has 0 spiro atoms. The number of fused-ring (bicyclic) bond motifs is 2. The van der Waals surface area contributed by atoms with E-state index in [2.05, 4.69) is 16.8 Å². The van der Waals surface area contributed by atoms with Crippen LogP contribution in [0.5, 0.6) is 11.5 Å². The molecule has 0 N–H and O–H groups in total. The quantitative estimate of drug-likeness (QED) is 0.304. The van der Waals surface area contributed by atoms with E-state index in [0.717, 1.165) is 10.6 Å². The van der Waals surface area contributed by atoms with E-state index in [-0.39, 0.29) is 16.8 Å². The molecule has 0 saturated heterocycles. The molecule has 1 aliphatic heterocycles. The standard InChI is InChI=1S/C27H25N3O5S/c1-5-12-34-19-11-9-16(14-20(19)33-7-3)23-22-24(31)17-13-15(4)8-10-18(17)35-25(22)26(32)30(23)27-29-28-21(6-2)36-27/h5,8-11,13-14,23H,1,6-7,12H2,2-4H3. The number of hydrogen-bond acceptors (Lipinski definition) is 8. The van der Waals surface area contributed by atoms with Crippen molar-refractivity contribution in [2.75, 3.05) is 18.1 Å². The van der Waals surface area contributed by atoms with Gasteiger partial charge in [0.15, 0.2) is 16.9 Å². The second-order valence-corrected chi connectivity index (χ2v) is 9.36. The molecule has 4 aromatic rings. The van der Waals surface area contributed by atoms with Gasteiger partial charge in [-0.15, -0.1) is 10.2 Å². The Morgan fingerprint density at radius 1 is 1.11 bits per heavy atom. The number of amides is 1. The summed E-state index contributed by atoms with van der Waals surface area (Å²) in [6.45, 7) is 10.2. The predicted octanol–water partition coefficient (Wildman–Crippen LogP) is 5.23. The summed E-state index contributed by atoms with van der Waals surface area (Å²) in [5, 5.41) is 10.1. The first-order valence-corrected chi connectivity index (χ1v) is 12.5. The summed E-state index contributed by atoms with van der Waals surface area (Å²) < 4.78 is 17.6. The van der Waals surface area contributed by atoms with Gasteiger partial charge in [0.1, 0.15) is 17.2 Å². The van der Waals surface area contributed by atoms with Crippen LogP contribution >= 0.6 is 11.3 Å². The number of benzene rings is 2. The average molecular weight is 504 g/mol. The zero-order valence-corrected chi connectivity index (χ0v) is 21.1. The van der Waals surface area contributed by atoms with Crippen LogP contribution in [0.3, 0.4) is 0 Å². The second kappa shape index (κ2) is 9.58. The molecule has 3 heterocycles. The fourth-order valence-electron chi connectivity index (χ4n) is 4.32. The molecule has 2 aromatic heterocycles. The third kappa shape index (κ3) is 3.95. The van der Waals surface area contributed by atoms with Crippen molar-refractivity contribution in [1.29, 1.82) is 0 Å². The highest BCUT2D eigenvalue weighted by Crippen LogP contribution is 2.44. The first kappa shape index (κ1) is 23.7. The maximum Gasteiger partial charge on any atom is 0.297 e. The lowest BCUT2D eigenvalue weighted by molar-refractivity contribution is 0.0970. The molecule has 1 atom stereocenters. The van der Waals surface area contributed by atoms with Gasteiger partial charge in [0.2, 0.25) is 10.9 Å². The normalized spacial score (nSPS) is 14.8. The fourth-order valence-corrected chi connectivity index (χ4v) is 5.12. The number of carbonyl (C=O) groups excluding carboxylic acids is 1. The van der Waals surface area contributed by atoms with Gasteiger partial charge in [0.05, 0.1) is 23.6 Å². The Hall–Kier alpha value is -3.98. The van der Waals surface area contributed by atoms with Crippen molar-refractivity contribution in [2.45, 2.75) is 33.2 Å². The van der Waals surface area contributed by atoms with Crippen LogP contribution in [-0.2, 0) is 6.42 Å². The zero-order valence-electron chi connectivity index (χ0n) is 20.2. The first-order chi connectivity index (χ1) is 17.5. The van der Waals surface area contributed by atoms with E-state index in [1.54, 1.807) is 30.3 Å². The number of aryl methyl sites for hydroxylation is 2. The smallest absolute Gasteiger partial charge is 0.297 e.